The fourth-order valence-corrected chi connectivity index (χ4v) is 1.68. The summed E-state index contributed by atoms with van der Waals surface area (Å²) in [5.74, 6) is -0.896. The molecule has 1 aromatic rings. The summed E-state index contributed by atoms with van der Waals surface area (Å²) in [5.41, 5.74) is 6.14. The van der Waals surface area contributed by atoms with Crippen molar-refractivity contribution in [3.63, 3.8) is 0 Å². The standard InChI is InChI=1S/C14H21F2N3.HI/c1-3-4-7-18-14(17)19-9-10(2)12-6-5-11(15)8-13(12)16;/h5-6,8,10H,3-4,7,9H2,1-2H3,(H3,17,18,19);1H. The maximum absolute atomic E-state index is 13.5. The molecular weight excluding hydrogens is 375 g/mol. The van der Waals surface area contributed by atoms with E-state index in [4.69, 9.17) is 5.73 Å². The number of guanidine groups is 1. The zero-order valence-corrected chi connectivity index (χ0v) is 14.2. The van der Waals surface area contributed by atoms with Crippen LogP contribution < -0.4 is 11.1 Å². The molecule has 6 heteroatoms. The Hall–Kier alpha value is -0.920. The van der Waals surface area contributed by atoms with E-state index < -0.39 is 11.6 Å². The molecule has 0 bridgehead atoms. The van der Waals surface area contributed by atoms with Crippen LogP contribution in [0.5, 0.6) is 0 Å². The summed E-state index contributed by atoms with van der Waals surface area (Å²) >= 11 is 0. The van der Waals surface area contributed by atoms with Crippen molar-refractivity contribution in [1.29, 1.82) is 0 Å². The van der Waals surface area contributed by atoms with E-state index >= 15 is 0 Å². The third-order valence-corrected chi connectivity index (χ3v) is 2.87. The van der Waals surface area contributed by atoms with Crippen LogP contribution in [0.4, 0.5) is 8.78 Å². The van der Waals surface area contributed by atoms with Gasteiger partial charge in [-0.2, -0.15) is 0 Å². The topological polar surface area (TPSA) is 50.4 Å². The summed E-state index contributed by atoms with van der Waals surface area (Å²) < 4.78 is 26.3. The van der Waals surface area contributed by atoms with Crippen LogP contribution in [0, 0.1) is 11.6 Å². The quantitative estimate of drug-likeness (QED) is 0.335. The Bertz CT molecular complexity index is 438. The zero-order chi connectivity index (χ0) is 14.3. The van der Waals surface area contributed by atoms with Crippen LogP contribution in [0.2, 0.25) is 0 Å². The third kappa shape index (κ3) is 6.49. The Morgan fingerprint density at radius 2 is 2.10 bits per heavy atom. The van der Waals surface area contributed by atoms with Gasteiger partial charge in [0.05, 0.1) is 0 Å². The molecule has 0 aliphatic carbocycles. The lowest BCUT2D eigenvalue weighted by Gasteiger charge is -2.11. The number of benzene rings is 1. The molecule has 0 aliphatic heterocycles. The first-order valence-electron chi connectivity index (χ1n) is 6.53. The smallest absolute Gasteiger partial charge is 0.188 e. The maximum Gasteiger partial charge on any atom is 0.188 e. The highest BCUT2D eigenvalue weighted by atomic mass is 127. The van der Waals surface area contributed by atoms with Gasteiger partial charge in [0, 0.05) is 25.1 Å². The van der Waals surface area contributed by atoms with Crippen LogP contribution in [-0.2, 0) is 0 Å². The zero-order valence-electron chi connectivity index (χ0n) is 11.8. The van der Waals surface area contributed by atoms with Gasteiger partial charge < -0.3 is 11.1 Å². The third-order valence-electron chi connectivity index (χ3n) is 2.87. The van der Waals surface area contributed by atoms with Gasteiger partial charge in [0.1, 0.15) is 11.6 Å². The number of halogens is 3. The molecule has 0 fully saturated rings. The first-order valence-corrected chi connectivity index (χ1v) is 6.53. The minimum absolute atomic E-state index is 0. The molecule has 0 radical (unpaired) electrons. The van der Waals surface area contributed by atoms with Crippen molar-refractivity contribution < 1.29 is 8.78 Å². The van der Waals surface area contributed by atoms with E-state index in [-0.39, 0.29) is 29.9 Å². The summed E-state index contributed by atoms with van der Waals surface area (Å²) in [5, 5.41) is 2.99. The number of nitrogens with one attached hydrogen (secondary N) is 1. The van der Waals surface area contributed by atoms with Crippen LogP contribution in [0.15, 0.2) is 23.2 Å². The Balaban J connectivity index is 0.00000361. The summed E-state index contributed by atoms with van der Waals surface area (Å²) in [6.45, 7) is 5.08. The van der Waals surface area contributed by atoms with E-state index in [2.05, 4.69) is 17.2 Å². The number of hydrogen-bond acceptors (Lipinski definition) is 1. The van der Waals surface area contributed by atoms with Crippen molar-refractivity contribution in [3.05, 3.63) is 35.4 Å². The van der Waals surface area contributed by atoms with Gasteiger partial charge in [-0.15, -0.1) is 24.0 Å². The predicted octanol–water partition coefficient (Wildman–Crippen LogP) is 3.39. The molecular formula is C14H22F2IN3. The summed E-state index contributed by atoms with van der Waals surface area (Å²) in [6, 6.07) is 3.59. The van der Waals surface area contributed by atoms with Crippen molar-refractivity contribution in [2.24, 2.45) is 10.7 Å². The highest BCUT2D eigenvalue weighted by molar-refractivity contribution is 14.0. The first-order chi connectivity index (χ1) is 9.04. The highest BCUT2D eigenvalue weighted by Crippen LogP contribution is 2.19. The molecule has 0 amide bonds. The molecule has 20 heavy (non-hydrogen) atoms. The molecule has 0 saturated heterocycles. The number of nitrogens with zero attached hydrogens (tertiary/aromatic N) is 1. The number of unbranched alkanes of at least 4 members (excludes halogenated alkanes) is 1. The van der Waals surface area contributed by atoms with E-state index in [0.717, 1.165) is 25.5 Å². The molecule has 1 rings (SSSR count). The van der Waals surface area contributed by atoms with Crippen molar-refractivity contribution >= 4 is 29.9 Å². The van der Waals surface area contributed by atoms with E-state index in [9.17, 15) is 8.78 Å². The second kappa shape index (κ2) is 9.90. The van der Waals surface area contributed by atoms with Gasteiger partial charge in [-0.1, -0.05) is 26.3 Å². The van der Waals surface area contributed by atoms with Crippen molar-refractivity contribution in [2.45, 2.75) is 32.6 Å². The largest absolute Gasteiger partial charge is 0.370 e. The van der Waals surface area contributed by atoms with Gasteiger partial charge in [0.2, 0.25) is 0 Å². The van der Waals surface area contributed by atoms with Gasteiger partial charge in [-0.05, 0) is 18.1 Å². The second-order valence-corrected chi connectivity index (χ2v) is 4.57. The molecule has 1 aromatic carbocycles. The van der Waals surface area contributed by atoms with Gasteiger partial charge in [-0.3, -0.25) is 4.99 Å². The fraction of sp³-hybridized carbons (Fsp3) is 0.500. The first kappa shape index (κ1) is 19.1. The summed E-state index contributed by atoms with van der Waals surface area (Å²) in [4.78, 5) is 4.16. The second-order valence-electron chi connectivity index (χ2n) is 4.57. The normalized spacial score (nSPS) is 12.7. The Morgan fingerprint density at radius 1 is 1.40 bits per heavy atom. The average molecular weight is 397 g/mol. The highest BCUT2D eigenvalue weighted by Gasteiger charge is 2.11. The average Bonchev–Trinajstić information content (AvgIpc) is 2.36. The van der Waals surface area contributed by atoms with E-state index in [1.165, 1.54) is 12.1 Å². The molecule has 0 heterocycles. The molecule has 1 unspecified atom stereocenters. The van der Waals surface area contributed by atoms with Crippen LogP contribution in [-0.4, -0.2) is 19.0 Å². The monoisotopic (exact) mass is 397 g/mol. The number of rotatable bonds is 6. The maximum atomic E-state index is 13.5. The van der Waals surface area contributed by atoms with Gasteiger partial charge >= 0.3 is 0 Å². The lowest BCUT2D eigenvalue weighted by atomic mass is 10.0. The molecule has 0 aliphatic rings. The summed E-state index contributed by atoms with van der Waals surface area (Å²) in [6.07, 6.45) is 2.11. The molecule has 1 atom stereocenters. The van der Waals surface area contributed by atoms with Crippen LogP contribution >= 0.6 is 24.0 Å². The lowest BCUT2D eigenvalue weighted by molar-refractivity contribution is 0.560. The van der Waals surface area contributed by atoms with E-state index in [1.54, 1.807) is 0 Å². The van der Waals surface area contributed by atoms with Crippen molar-refractivity contribution in [1.82, 2.24) is 5.32 Å². The van der Waals surface area contributed by atoms with Gasteiger partial charge in [0.15, 0.2) is 5.96 Å². The number of nitrogens with two attached hydrogens (primary N) is 1. The molecule has 114 valence electrons. The molecule has 0 aromatic heterocycles. The Kier molecular flexibility index (Phi) is 9.45. The molecule has 0 saturated carbocycles. The number of hydrogen-bond donors (Lipinski definition) is 2. The summed E-state index contributed by atoms with van der Waals surface area (Å²) in [7, 11) is 0. The lowest BCUT2D eigenvalue weighted by Crippen LogP contribution is -2.32. The van der Waals surface area contributed by atoms with Crippen LogP contribution in [0.1, 0.15) is 38.2 Å². The van der Waals surface area contributed by atoms with Crippen LogP contribution in [0.3, 0.4) is 0 Å². The molecule has 3 nitrogen and oxygen atoms in total. The van der Waals surface area contributed by atoms with E-state index in [1.807, 2.05) is 6.92 Å². The fourth-order valence-electron chi connectivity index (χ4n) is 1.68. The van der Waals surface area contributed by atoms with E-state index in [0.29, 0.717) is 18.1 Å². The van der Waals surface area contributed by atoms with Crippen LogP contribution in [0.25, 0.3) is 0 Å². The molecule has 0 spiro atoms. The van der Waals surface area contributed by atoms with Crippen molar-refractivity contribution in [2.75, 3.05) is 13.1 Å². The van der Waals surface area contributed by atoms with Crippen molar-refractivity contribution in [3.8, 4) is 0 Å². The molecule has 3 N–H and O–H groups in total. The predicted molar refractivity (Wildman–Crippen MR) is 89.6 cm³/mol. The Labute approximate surface area is 136 Å². The number of aliphatic imine (C=N–C) groups is 1. The minimum Gasteiger partial charge on any atom is -0.370 e. The van der Waals surface area contributed by atoms with Gasteiger partial charge in [-0.25, -0.2) is 8.78 Å². The van der Waals surface area contributed by atoms with Gasteiger partial charge in [0.25, 0.3) is 0 Å². The minimum atomic E-state index is -0.572. The Morgan fingerprint density at radius 3 is 2.70 bits per heavy atom. The SMILES string of the molecule is CCCCNC(N)=NCC(C)c1ccc(F)cc1F.I.